The van der Waals surface area contributed by atoms with Gasteiger partial charge < -0.3 is 10.4 Å². The number of aromatic carboxylic acids is 1. The van der Waals surface area contributed by atoms with Gasteiger partial charge in [-0.05, 0) is 37.1 Å². The van der Waals surface area contributed by atoms with Gasteiger partial charge in [0.15, 0.2) is 5.82 Å². The number of rotatable bonds is 4. The number of carbonyl (C=O) groups excluding carboxylic acids is 1. The minimum Gasteiger partial charge on any atom is -0.478 e. The standard InChI is InChI=1S/C17H19N3O3/c21-16(12-6-8-13(9-7-12)17(22)23)18-15-10-14(19-20-15)11-4-2-1-3-5-11/h6-11H,1-5H2,(H,22,23)(H2,18,19,20,21). The highest BCUT2D eigenvalue weighted by atomic mass is 16.4. The monoisotopic (exact) mass is 313 g/mol. The van der Waals surface area contributed by atoms with Crippen molar-refractivity contribution in [2.24, 2.45) is 0 Å². The van der Waals surface area contributed by atoms with Crippen molar-refractivity contribution in [3.8, 4) is 0 Å². The molecule has 0 saturated heterocycles. The van der Waals surface area contributed by atoms with E-state index in [0.29, 0.717) is 17.3 Å². The van der Waals surface area contributed by atoms with Gasteiger partial charge in [-0.15, -0.1) is 0 Å². The van der Waals surface area contributed by atoms with Crippen molar-refractivity contribution < 1.29 is 14.7 Å². The summed E-state index contributed by atoms with van der Waals surface area (Å²) in [7, 11) is 0. The summed E-state index contributed by atoms with van der Waals surface area (Å²) >= 11 is 0. The Balaban J connectivity index is 1.65. The summed E-state index contributed by atoms with van der Waals surface area (Å²) in [5, 5.41) is 18.8. The zero-order chi connectivity index (χ0) is 16.2. The molecular formula is C17H19N3O3. The summed E-state index contributed by atoms with van der Waals surface area (Å²) in [5.41, 5.74) is 1.62. The van der Waals surface area contributed by atoms with E-state index in [9.17, 15) is 9.59 Å². The molecule has 1 aliphatic carbocycles. The Hall–Kier alpha value is -2.63. The molecule has 2 aromatic rings. The second-order valence-corrected chi connectivity index (χ2v) is 5.88. The van der Waals surface area contributed by atoms with E-state index in [-0.39, 0.29) is 11.5 Å². The van der Waals surface area contributed by atoms with Crippen LogP contribution < -0.4 is 5.32 Å². The fourth-order valence-electron chi connectivity index (χ4n) is 2.98. The second-order valence-electron chi connectivity index (χ2n) is 5.88. The topological polar surface area (TPSA) is 95.1 Å². The molecule has 1 aromatic heterocycles. The molecule has 1 saturated carbocycles. The van der Waals surface area contributed by atoms with E-state index in [4.69, 9.17) is 5.11 Å². The molecule has 1 fully saturated rings. The molecule has 0 radical (unpaired) electrons. The number of hydrogen-bond acceptors (Lipinski definition) is 3. The van der Waals surface area contributed by atoms with E-state index >= 15 is 0 Å². The lowest BCUT2D eigenvalue weighted by Crippen LogP contribution is -2.12. The number of aromatic nitrogens is 2. The van der Waals surface area contributed by atoms with E-state index in [0.717, 1.165) is 18.5 Å². The summed E-state index contributed by atoms with van der Waals surface area (Å²) in [4.78, 5) is 23.0. The van der Waals surface area contributed by atoms with Gasteiger partial charge in [0.1, 0.15) is 0 Å². The van der Waals surface area contributed by atoms with Crippen molar-refractivity contribution in [3.63, 3.8) is 0 Å². The van der Waals surface area contributed by atoms with Gasteiger partial charge in [0.25, 0.3) is 5.91 Å². The normalized spacial score (nSPS) is 15.3. The van der Waals surface area contributed by atoms with Gasteiger partial charge in [-0.3, -0.25) is 9.89 Å². The zero-order valence-electron chi connectivity index (χ0n) is 12.7. The van der Waals surface area contributed by atoms with Crippen LogP contribution in [0.3, 0.4) is 0 Å². The molecule has 1 heterocycles. The van der Waals surface area contributed by atoms with Gasteiger partial charge in [-0.25, -0.2) is 4.79 Å². The molecule has 1 aliphatic rings. The van der Waals surface area contributed by atoms with Crippen molar-refractivity contribution in [2.45, 2.75) is 38.0 Å². The van der Waals surface area contributed by atoms with Gasteiger partial charge >= 0.3 is 5.97 Å². The first-order valence-corrected chi connectivity index (χ1v) is 7.83. The molecule has 3 rings (SSSR count). The molecule has 120 valence electrons. The average Bonchev–Trinajstić information content (AvgIpc) is 3.04. The largest absolute Gasteiger partial charge is 0.478 e. The Bertz CT molecular complexity index is 700. The maximum Gasteiger partial charge on any atom is 0.335 e. The Kier molecular flexibility index (Phi) is 4.41. The van der Waals surface area contributed by atoms with Crippen LogP contribution in [0.4, 0.5) is 5.82 Å². The van der Waals surface area contributed by atoms with Crippen molar-refractivity contribution in [2.75, 3.05) is 5.32 Å². The Morgan fingerprint density at radius 2 is 1.74 bits per heavy atom. The number of anilines is 1. The van der Waals surface area contributed by atoms with E-state index in [1.165, 1.54) is 43.5 Å². The zero-order valence-corrected chi connectivity index (χ0v) is 12.7. The first kappa shape index (κ1) is 15.3. The maximum atomic E-state index is 12.2. The number of carboxylic acid groups (broad SMARTS) is 1. The van der Waals surface area contributed by atoms with Crippen LogP contribution in [0, 0.1) is 0 Å². The molecule has 0 bridgehead atoms. The maximum absolute atomic E-state index is 12.2. The summed E-state index contributed by atoms with van der Waals surface area (Å²) in [6.45, 7) is 0. The number of carbonyl (C=O) groups is 2. The first-order chi connectivity index (χ1) is 11.1. The molecule has 1 amide bonds. The van der Waals surface area contributed by atoms with Gasteiger partial charge in [0, 0.05) is 23.2 Å². The van der Waals surface area contributed by atoms with Crippen LogP contribution >= 0.6 is 0 Å². The van der Waals surface area contributed by atoms with Crippen LogP contribution in [0.2, 0.25) is 0 Å². The van der Waals surface area contributed by atoms with Crippen molar-refractivity contribution in [3.05, 3.63) is 47.2 Å². The minimum absolute atomic E-state index is 0.154. The fourth-order valence-corrected chi connectivity index (χ4v) is 2.98. The molecule has 23 heavy (non-hydrogen) atoms. The molecule has 1 aromatic carbocycles. The molecule has 0 unspecified atom stereocenters. The van der Waals surface area contributed by atoms with Gasteiger partial charge in [0.05, 0.1) is 5.56 Å². The van der Waals surface area contributed by atoms with E-state index in [2.05, 4.69) is 15.5 Å². The molecule has 6 nitrogen and oxygen atoms in total. The molecule has 0 atom stereocenters. The van der Waals surface area contributed by atoms with Crippen molar-refractivity contribution >= 4 is 17.7 Å². The Morgan fingerprint density at radius 3 is 2.39 bits per heavy atom. The highest BCUT2D eigenvalue weighted by Crippen LogP contribution is 2.32. The Morgan fingerprint density at radius 1 is 1.09 bits per heavy atom. The number of aromatic amines is 1. The number of nitrogens with one attached hydrogen (secondary N) is 2. The lowest BCUT2D eigenvalue weighted by atomic mass is 9.87. The lowest BCUT2D eigenvalue weighted by molar-refractivity contribution is 0.0696. The van der Waals surface area contributed by atoms with Gasteiger partial charge in [0.2, 0.25) is 0 Å². The molecule has 6 heteroatoms. The third-order valence-corrected chi connectivity index (χ3v) is 4.28. The van der Waals surface area contributed by atoms with Crippen LogP contribution in [0.25, 0.3) is 0 Å². The quantitative estimate of drug-likeness (QED) is 0.806. The number of carboxylic acids is 1. The SMILES string of the molecule is O=C(O)c1ccc(C(=O)Nc2cc(C3CCCCC3)[nH]n2)cc1. The number of hydrogen-bond donors (Lipinski definition) is 3. The molecule has 0 spiro atoms. The van der Waals surface area contributed by atoms with E-state index in [1.54, 1.807) is 0 Å². The van der Waals surface area contributed by atoms with Gasteiger partial charge in [-0.1, -0.05) is 19.3 Å². The third kappa shape index (κ3) is 3.59. The van der Waals surface area contributed by atoms with Crippen LogP contribution in [-0.2, 0) is 0 Å². The summed E-state index contributed by atoms with van der Waals surface area (Å²) in [6, 6.07) is 7.70. The smallest absolute Gasteiger partial charge is 0.335 e. The van der Waals surface area contributed by atoms with Crippen LogP contribution in [0.5, 0.6) is 0 Å². The number of H-pyrrole nitrogens is 1. The first-order valence-electron chi connectivity index (χ1n) is 7.83. The predicted molar refractivity (Wildman–Crippen MR) is 85.8 cm³/mol. The van der Waals surface area contributed by atoms with Crippen LogP contribution in [0.15, 0.2) is 30.3 Å². The number of nitrogens with zero attached hydrogens (tertiary/aromatic N) is 1. The lowest BCUT2D eigenvalue weighted by Gasteiger charge is -2.19. The van der Waals surface area contributed by atoms with E-state index in [1.807, 2.05) is 6.07 Å². The number of benzene rings is 1. The van der Waals surface area contributed by atoms with Crippen molar-refractivity contribution in [1.29, 1.82) is 0 Å². The Labute approximate surface area is 133 Å². The molecule has 3 N–H and O–H groups in total. The van der Waals surface area contributed by atoms with E-state index < -0.39 is 5.97 Å². The second kappa shape index (κ2) is 6.64. The average molecular weight is 313 g/mol. The van der Waals surface area contributed by atoms with Crippen molar-refractivity contribution in [1.82, 2.24) is 10.2 Å². The molecular weight excluding hydrogens is 294 g/mol. The van der Waals surface area contributed by atoms with Gasteiger partial charge in [-0.2, -0.15) is 5.10 Å². The molecule has 0 aliphatic heterocycles. The van der Waals surface area contributed by atoms with Crippen LogP contribution in [0.1, 0.15) is 64.4 Å². The fraction of sp³-hybridized carbons (Fsp3) is 0.353. The summed E-state index contributed by atoms with van der Waals surface area (Å²) in [6.07, 6.45) is 6.08. The highest BCUT2D eigenvalue weighted by molar-refractivity contribution is 6.04. The van der Waals surface area contributed by atoms with Crippen LogP contribution in [-0.4, -0.2) is 27.2 Å². The highest BCUT2D eigenvalue weighted by Gasteiger charge is 2.18. The summed E-state index contributed by atoms with van der Waals surface area (Å²) in [5.74, 6) is -0.320. The predicted octanol–water partition coefficient (Wildman–Crippen LogP) is 3.41. The number of amides is 1. The third-order valence-electron chi connectivity index (χ3n) is 4.28. The summed E-state index contributed by atoms with van der Waals surface area (Å²) < 4.78 is 0. The minimum atomic E-state index is -1.01.